The van der Waals surface area contributed by atoms with Crippen molar-refractivity contribution in [3.63, 3.8) is 0 Å². The highest BCUT2D eigenvalue weighted by molar-refractivity contribution is 5.56. The average molecular weight is 383 g/mol. The van der Waals surface area contributed by atoms with Gasteiger partial charge in [-0.25, -0.2) is 18.4 Å². The fourth-order valence-electron chi connectivity index (χ4n) is 3.83. The Kier molecular flexibility index (Phi) is 5.09. The van der Waals surface area contributed by atoms with Gasteiger partial charge in [-0.05, 0) is 44.2 Å². The number of hydrogen-bond acceptors (Lipinski definition) is 4. The first kappa shape index (κ1) is 18.6. The molecule has 1 saturated heterocycles. The summed E-state index contributed by atoms with van der Waals surface area (Å²) in [6, 6.07) is 9.41. The summed E-state index contributed by atoms with van der Waals surface area (Å²) in [6.45, 7) is 7.67. The molecule has 1 aliphatic rings. The second kappa shape index (κ2) is 7.67. The van der Waals surface area contributed by atoms with Crippen LogP contribution in [-0.4, -0.2) is 45.8 Å². The van der Waals surface area contributed by atoms with Crippen LogP contribution in [0.15, 0.2) is 42.6 Å². The summed E-state index contributed by atoms with van der Waals surface area (Å²) in [5, 5.41) is 4.67. The molecular formula is C21H23F2N5. The van der Waals surface area contributed by atoms with E-state index in [4.69, 9.17) is 0 Å². The van der Waals surface area contributed by atoms with E-state index in [9.17, 15) is 8.78 Å². The van der Waals surface area contributed by atoms with Crippen molar-refractivity contribution in [1.29, 1.82) is 0 Å². The lowest BCUT2D eigenvalue weighted by Gasteiger charge is -2.36. The first-order valence-electron chi connectivity index (χ1n) is 9.42. The third-order valence-electron chi connectivity index (χ3n) is 5.21. The van der Waals surface area contributed by atoms with Crippen LogP contribution in [0.3, 0.4) is 0 Å². The van der Waals surface area contributed by atoms with Crippen LogP contribution in [-0.2, 0) is 6.54 Å². The fraction of sp³-hybridized carbons (Fsp3) is 0.333. The zero-order chi connectivity index (χ0) is 19.7. The van der Waals surface area contributed by atoms with Crippen molar-refractivity contribution in [2.24, 2.45) is 0 Å². The van der Waals surface area contributed by atoms with Gasteiger partial charge in [0.05, 0.1) is 17.1 Å². The Balaban J connectivity index is 1.47. The molecule has 0 N–H and O–H groups in total. The third kappa shape index (κ3) is 3.62. The van der Waals surface area contributed by atoms with E-state index in [1.165, 1.54) is 12.1 Å². The molecule has 3 aromatic rings. The number of aryl methyl sites for hydroxylation is 1. The monoisotopic (exact) mass is 383 g/mol. The summed E-state index contributed by atoms with van der Waals surface area (Å²) >= 11 is 0. The second-order valence-electron chi connectivity index (χ2n) is 7.12. The van der Waals surface area contributed by atoms with E-state index in [1.54, 1.807) is 6.20 Å². The van der Waals surface area contributed by atoms with Crippen molar-refractivity contribution in [1.82, 2.24) is 19.7 Å². The normalized spacial score (nSPS) is 15.2. The van der Waals surface area contributed by atoms with Crippen LogP contribution in [0, 0.1) is 25.5 Å². The Morgan fingerprint density at radius 2 is 1.79 bits per heavy atom. The molecule has 5 nitrogen and oxygen atoms in total. The van der Waals surface area contributed by atoms with Crippen molar-refractivity contribution < 1.29 is 8.78 Å². The Morgan fingerprint density at radius 1 is 1.00 bits per heavy atom. The molecule has 1 aromatic carbocycles. The quantitative estimate of drug-likeness (QED) is 0.691. The number of aromatic nitrogens is 3. The number of benzene rings is 1. The van der Waals surface area contributed by atoms with Crippen molar-refractivity contribution in [2.45, 2.75) is 20.4 Å². The van der Waals surface area contributed by atoms with Gasteiger partial charge in [-0.15, -0.1) is 0 Å². The number of anilines is 1. The highest BCUT2D eigenvalue weighted by atomic mass is 19.1. The maximum absolute atomic E-state index is 13.9. The molecule has 4 rings (SSSR count). The molecule has 7 heteroatoms. The van der Waals surface area contributed by atoms with E-state index < -0.39 is 5.82 Å². The minimum Gasteiger partial charge on any atom is -0.366 e. The number of halogens is 2. The van der Waals surface area contributed by atoms with Crippen LogP contribution in [0.4, 0.5) is 14.5 Å². The number of nitrogens with zero attached hydrogens (tertiary/aromatic N) is 5. The Labute approximate surface area is 163 Å². The van der Waals surface area contributed by atoms with Gasteiger partial charge in [0.15, 0.2) is 5.82 Å². The molecule has 1 aliphatic heterocycles. The Bertz CT molecular complexity index is 962. The van der Waals surface area contributed by atoms with E-state index in [1.807, 2.05) is 29.8 Å². The maximum atomic E-state index is 13.9. The highest BCUT2D eigenvalue weighted by Crippen LogP contribution is 2.27. The molecule has 0 aliphatic carbocycles. The number of piperazine rings is 1. The molecule has 2 aromatic heterocycles. The van der Waals surface area contributed by atoms with E-state index >= 15 is 0 Å². The lowest BCUT2D eigenvalue weighted by molar-refractivity contribution is 0.246. The van der Waals surface area contributed by atoms with Crippen LogP contribution in [0.2, 0.25) is 0 Å². The molecular weight excluding hydrogens is 360 g/mol. The zero-order valence-corrected chi connectivity index (χ0v) is 16.1. The number of hydrogen-bond donors (Lipinski definition) is 0. The third-order valence-corrected chi connectivity index (χ3v) is 5.21. The van der Waals surface area contributed by atoms with Gasteiger partial charge in [0.2, 0.25) is 0 Å². The van der Waals surface area contributed by atoms with Crippen molar-refractivity contribution >= 4 is 5.69 Å². The smallest absolute Gasteiger partial charge is 0.153 e. The van der Waals surface area contributed by atoms with Crippen molar-refractivity contribution in [3.8, 4) is 5.82 Å². The molecule has 0 bridgehead atoms. The van der Waals surface area contributed by atoms with Gasteiger partial charge in [0.25, 0.3) is 0 Å². The van der Waals surface area contributed by atoms with Gasteiger partial charge in [0.1, 0.15) is 11.6 Å². The summed E-state index contributed by atoms with van der Waals surface area (Å²) < 4.78 is 29.2. The SMILES string of the molecule is Cc1nn(-c2ccccn2)c(C)c1N1CCN(Cc2cc(F)ccc2F)CC1. The summed E-state index contributed by atoms with van der Waals surface area (Å²) in [5.41, 5.74) is 3.56. The lowest BCUT2D eigenvalue weighted by Crippen LogP contribution is -2.46. The maximum Gasteiger partial charge on any atom is 0.153 e. The molecule has 0 amide bonds. The second-order valence-corrected chi connectivity index (χ2v) is 7.12. The molecule has 28 heavy (non-hydrogen) atoms. The lowest BCUT2D eigenvalue weighted by atomic mass is 10.1. The van der Waals surface area contributed by atoms with Gasteiger partial charge < -0.3 is 4.90 Å². The summed E-state index contributed by atoms with van der Waals surface area (Å²) in [5.74, 6) is 0.0462. The molecule has 146 valence electrons. The average Bonchev–Trinajstić information content (AvgIpc) is 3.00. The van der Waals surface area contributed by atoms with Crippen LogP contribution in [0.5, 0.6) is 0 Å². The van der Waals surface area contributed by atoms with Gasteiger partial charge in [-0.3, -0.25) is 4.90 Å². The largest absolute Gasteiger partial charge is 0.366 e. The van der Waals surface area contributed by atoms with Gasteiger partial charge >= 0.3 is 0 Å². The first-order chi connectivity index (χ1) is 13.5. The summed E-state index contributed by atoms with van der Waals surface area (Å²) in [7, 11) is 0. The summed E-state index contributed by atoms with van der Waals surface area (Å²) in [4.78, 5) is 8.86. The highest BCUT2D eigenvalue weighted by Gasteiger charge is 2.24. The number of pyridine rings is 1. The van der Waals surface area contributed by atoms with Crippen LogP contribution in [0.25, 0.3) is 5.82 Å². The van der Waals surface area contributed by atoms with E-state index in [2.05, 4.69) is 26.8 Å². The minimum absolute atomic E-state index is 0.354. The Hall–Kier alpha value is -2.80. The molecule has 0 spiro atoms. The molecule has 0 saturated carbocycles. The zero-order valence-electron chi connectivity index (χ0n) is 16.1. The van der Waals surface area contributed by atoms with Gasteiger partial charge in [-0.2, -0.15) is 5.10 Å². The molecule has 1 fully saturated rings. The van der Waals surface area contributed by atoms with Crippen LogP contribution in [0.1, 0.15) is 17.0 Å². The van der Waals surface area contributed by atoms with Crippen LogP contribution >= 0.6 is 0 Å². The van der Waals surface area contributed by atoms with Crippen molar-refractivity contribution in [3.05, 3.63) is 71.2 Å². The van der Waals surface area contributed by atoms with E-state index in [-0.39, 0.29) is 5.82 Å². The van der Waals surface area contributed by atoms with E-state index in [0.717, 1.165) is 55.1 Å². The molecule has 0 unspecified atom stereocenters. The predicted octanol–water partition coefficient (Wildman–Crippen LogP) is 3.48. The van der Waals surface area contributed by atoms with E-state index in [0.29, 0.717) is 12.1 Å². The van der Waals surface area contributed by atoms with Crippen molar-refractivity contribution in [2.75, 3.05) is 31.1 Å². The molecule has 0 radical (unpaired) electrons. The predicted molar refractivity (Wildman–Crippen MR) is 105 cm³/mol. The Morgan fingerprint density at radius 3 is 2.50 bits per heavy atom. The first-order valence-corrected chi connectivity index (χ1v) is 9.42. The molecule has 3 heterocycles. The van der Waals surface area contributed by atoms with Gasteiger partial charge in [0, 0.05) is 44.5 Å². The van der Waals surface area contributed by atoms with Gasteiger partial charge in [-0.1, -0.05) is 6.07 Å². The molecule has 0 atom stereocenters. The fourth-order valence-corrected chi connectivity index (χ4v) is 3.83. The topological polar surface area (TPSA) is 37.2 Å². The number of rotatable bonds is 4. The van der Waals surface area contributed by atoms with Crippen LogP contribution < -0.4 is 4.90 Å². The minimum atomic E-state index is -0.400. The summed E-state index contributed by atoms with van der Waals surface area (Å²) in [6.07, 6.45) is 1.76. The standard InChI is InChI=1S/C21H23F2N5/c1-15-21(16(2)28(25-15)20-5-3-4-8-24-20)27-11-9-26(10-12-27)14-17-13-18(22)6-7-19(17)23/h3-8,13H,9-12,14H2,1-2H3.